The number of benzene rings is 1. The number of hydrogen-bond acceptors (Lipinski definition) is 6. The number of imide groups is 1. The molecule has 0 saturated heterocycles. The number of thioether (sulfide) groups is 1. The van der Waals surface area contributed by atoms with Crippen molar-refractivity contribution in [2.75, 3.05) is 12.8 Å². The Bertz CT molecular complexity index is 814. The van der Waals surface area contributed by atoms with Gasteiger partial charge in [0.15, 0.2) is 5.16 Å². The van der Waals surface area contributed by atoms with E-state index in [1.807, 2.05) is 19.1 Å². The van der Waals surface area contributed by atoms with E-state index in [0.29, 0.717) is 22.4 Å². The molecular weight excluding hydrogens is 374 g/mol. The molecule has 0 aliphatic rings. The first-order valence-corrected chi connectivity index (χ1v) is 9.23. The minimum Gasteiger partial charge on any atom is -0.383 e. The standard InChI is InChI=1S/C17H20ClN5O2S/c1-4-12-13(10-5-7-11(18)8-6-10)14(19)22-17(21-12)26-9(2)15(24)23-16(25)20-3/h5-9H,4H2,1-3H3,(H2,19,21,22)(H2,20,23,24,25)/t9-/m0/s1. The first-order valence-electron chi connectivity index (χ1n) is 7.97. The summed E-state index contributed by atoms with van der Waals surface area (Å²) in [5.41, 5.74) is 8.58. The molecule has 1 atom stereocenters. The molecule has 0 spiro atoms. The van der Waals surface area contributed by atoms with Crippen molar-refractivity contribution in [2.45, 2.75) is 30.7 Å². The van der Waals surface area contributed by atoms with Gasteiger partial charge in [0.25, 0.3) is 0 Å². The lowest BCUT2D eigenvalue weighted by molar-refractivity contribution is -0.119. The van der Waals surface area contributed by atoms with Crippen LogP contribution in [-0.4, -0.2) is 34.2 Å². The number of carbonyl (C=O) groups is 2. The average Bonchev–Trinajstić information content (AvgIpc) is 2.62. The van der Waals surface area contributed by atoms with Gasteiger partial charge in [-0.1, -0.05) is 42.4 Å². The van der Waals surface area contributed by atoms with Gasteiger partial charge in [0.2, 0.25) is 5.91 Å². The zero-order chi connectivity index (χ0) is 19.3. The van der Waals surface area contributed by atoms with Crippen molar-refractivity contribution in [1.82, 2.24) is 20.6 Å². The molecule has 9 heteroatoms. The van der Waals surface area contributed by atoms with Gasteiger partial charge < -0.3 is 11.1 Å². The largest absolute Gasteiger partial charge is 0.383 e. The topological polar surface area (TPSA) is 110 Å². The Morgan fingerprint density at radius 2 is 1.92 bits per heavy atom. The molecule has 0 unspecified atom stereocenters. The summed E-state index contributed by atoms with van der Waals surface area (Å²) in [5.74, 6) is -0.100. The van der Waals surface area contributed by atoms with Crippen LogP contribution in [0.3, 0.4) is 0 Å². The zero-order valence-electron chi connectivity index (χ0n) is 14.7. The highest BCUT2D eigenvalue weighted by atomic mass is 35.5. The molecule has 3 amide bonds. The number of halogens is 1. The van der Waals surface area contributed by atoms with Crippen LogP contribution in [0.15, 0.2) is 29.4 Å². The van der Waals surface area contributed by atoms with Crippen molar-refractivity contribution in [2.24, 2.45) is 0 Å². The number of aromatic nitrogens is 2. The van der Waals surface area contributed by atoms with E-state index in [0.717, 1.165) is 28.6 Å². The Kier molecular flexibility index (Phi) is 6.82. The van der Waals surface area contributed by atoms with E-state index in [-0.39, 0.29) is 0 Å². The number of amides is 3. The number of nitrogens with zero attached hydrogens (tertiary/aromatic N) is 2. The molecule has 0 bridgehead atoms. The molecule has 0 aliphatic carbocycles. The Morgan fingerprint density at radius 3 is 2.50 bits per heavy atom. The Morgan fingerprint density at radius 1 is 1.27 bits per heavy atom. The highest BCUT2D eigenvalue weighted by Gasteiger charge is 2.20. The molecule has 4 N–H and O–H groups in total. The van der Waals surface area contributed by atoms with Gasteiger partial charge >= 0.3 is 6.03 Å². The molecule has 0 radical (unpaired) electrons. The number of anilines is 1. The Hall–Kier alpha value is -2.32. The van der Waals surface area contributed by atoms with Gasteiger partial charge in [-0.2, -0.15) is 0 Å². The highest BCUT2D eigenvalue weighted by molar-refractivity contribution is 8.00. The molecule has 26 heavy (non-hydrogen) atoms. The highest BCUT2D eigenvalue weighted by Crippen LogP contribution is 2.31. The maximum absolute atomic E-state index is 12.0. The quantitative estimate of drug-likeness (QED) is 0.532. The fourth-order valence-corrected chi connectivity index (χ4v) is 3.15. The van der Waals surface area contributed by atoms with Crippen molar-refractivity contribution in [3.05, 3.63) is 35.0 Å². The third kappa shape index (κ3) is 4.86. The van der Waals surface area contributed by atoms with Crippen LogP contribution >= 0.6 is 23.4 Å². The van der Waals surface area contributed by atoms with Crippen LogP contribution in [0.4, 0.5) is 10.6 Å². The summed E-state index contributed by atoms with van der Waals surface area (Å²) in [5, 5.41) is 5.02. The summed E-state index contributed by atoms with van der Waals surface area (Å²) in [6.45, 7) is 3.64. The number of hydrogen-bond donors (Lipinski definition) is 3. The van der Waals surface area contributed by atoms with E-state index in [9.17, 15) is 9.59 Å². The number of nitrogens with one attached hydrogen (secondary N) is 2. The smallest absolute Gasteiger partial charge is 0.321 e. The van der Waals surface area contributed by atoms with Gasteiger partial charge in [0, 0.05) is 17.6 Å². The maximum atomic E-state index is 12.0. The van der Waals surface area contributed by atoms with Crippen LogP contribution in [0.25, 0.3) is 11.1 Å². The molecule has 1 aromatic carbocycles. The third-order valence-corrected chi connectivity index (χ3v) is 4.79. The van der Waals surface area contributed by atoms with E-state index in [1.165, 1.54) is 7.05 Å². The molecule has 0 aliphatic heterocycles. The van der Waals surface area contributed by atoms with Gasteiger partial charge in [0.1, 0.15) is 5.82 Å². The van der Waals surface area contributed by atoms with Crippen LogP contribution in [0, 0.1) is 0 Å². The fourth-order valence-electron chi connectivity index (χ4n) is 2.23. The molecule has 2 aromatic rings. The minimum atomic E-state index is -0.560. The van der Waals surface area contributed by atoms with E-state index < -0.39 is 17.2 Å². The number of nitrogen functional groups attached to an aromatic ring is 1. The van der Waals surface area contributed by atoms with Crippen molar-refractivity contribution >= 4 is 41.1 Å². The second-order valence-corrected chi connectivity index (χ2v) is 7.15. The number of urea groups is 1. The maximum Gasteiger partial charge on any atom is 0.321 e. The lowest BCUT2D eigenvalue weighted by atomic mass is 10.0. The normalized spacial score (nSPS) is 11.7. The van der Waals surface area contributed by atoms with Crippen LogP contribution in [0.2, 0.25) is 5.02 Å². The summed E-state index contributed by atoms with van der Waals surface area (Å²) in [6.07, 6.45) is 0.650. The summed E-state index contributed by atoms with van der Waals surface area (Å²) >= 11 is 7.08. The second kappa shape index (κ2) is 8.86. The molecule has 7 nitrogen and oxygen atoms in total. The van der Waals surface area contributed by atoms with Crippen molar-refractivity contribution in [3.63, 3.8) is 0 Å². The molecular formula is C17H20ClN5O2S. The summed E-state index contributed by atoms with van der Waals surface area (Å²) in [6, 6.07) is 6.73. The molecule has 2 rings (SSSR count). The van der Waals surface area contributed by atoms with Crippen LogP contribution in [0.1, 0.15) is 19.5 Å². The predicted octanol–water partition coefficient (Wildman–Crippen LogP) is 2.88. The van der Waals surface area contributed by atoms with E-state index in [1.54, 1.807) is 19.1 Å². The molecule has 138 valence electrons. The molecule has 1 heterocycles. The van der Waals surface area contributed by atoms with Gasteiger partial charge in [-0.15, -0.1) is 0 Å². The summed E-state index contributed by atoms with van der Waals surface area (Å²) < 4.78 is 0. The number of rotatable bonds is 5. The molecule has 1 aromatic heterocycles. The molecule has 0 saturated carbocycles. The van der Waals surface area contributed by atoms with Crippen LogP contribution in [-0.2, 0) is 11.2 Å². The van der Waals surface area contributed by atoms with Gasteiger partial charge in [0.05, 0.1) is 10.9 Å². The van der Waals surface area contributed by atoms with Crippen molar-refractivity contribution < 1.29 is 9.59 Å². The van der Waals surface area contributed by atoms with E-state index in [2.05, 4.69) is 20.6 Å². The SMILES string of the molecule is CCc1nc(S[C@@H](C)C(=O)NC(=O)NC)nc(N)c1-c1ccc(Cl)cc1. The van der Waals surface area contributed by atoms with Crippen LogP contribution < -0.4 is 16.4 Å². The number of nitrogens with two attached hydrogens (primary N) is 1. The lowest BCUT2D eigenvalue weighted by Crippen LogP contribution is -2.41. The van der Waals surface area contributed by atoms with E-state index >= 15 is 0 Å². The third-order valence-electron chi connectivity index (χ3n) is 3.57. The lowest BCUT2D eigenvalue weighted by Gasteiger charge is -2.14. The monoisotopic (exact) mass is 393 g/mol. The van der Waals surface area contributed by atoms with Crippen LogP contribution in [0.5, 0.6) is 0 Å². The van der Waals surface area contributed by atoms with Crippen molar-refractivity contribution in [3.8, 4) is 11.1 Å². The zero-order valence-corrected chi connectivity index (χ0v) is 16.2. The van der Waals surface area contributed by atoms with E-state index in [4.69, 9.17) is 17.3 Å². The van der Waals surface area contributed by atoms with Gasteiger partial charge in [-0.25, -0.2) is 14.8 Å². The predicted molar refractivity (Wildman–Crippen MR) is 104 cm³/mol. The van der Waals surface area contributed by atoms with Crippen molar-refractivity contribution in [1.29, 1.82) is 0 Å². The summed E-state index contributed by atoms with van der Waals surface area (Å²) in [4.78, 5) is 32.1. The molecule has 0 fully saturated rings. The minimum absolute atomic E-state index is 0.334. The number of aryl methyl sites for hydroxylation is 1. The first-order chi connectivity index (χ1) is 12.3. The van der Waals surface area contributed by atoms with Gasteiger partial charge in [-0.05, 0) is 31.0 Å². The number of carbonyl (C=O) groups excluding carboxylic acids is 2. The Balaban J connectivity index is 2.27. The first kappa shape index (κ1) is 20.0. The summed E-state index contributed by atoms with van der Waals surface area (Å²) in [7, 11) is 1.44. The van der Waals surface area contributed by atoms with Gasteiger partial charge in [-0.3, -0.25) is 10.1 Å². The second-order valence-electron chi connectivity index (χ2n) is 5.40. The fraction of sp³-hybridized carbons (Fsp3) is 0.294. The Labute approximate surface area is 161 Å². The average molecular weight is 394 g/mol.